The van der Waals surface area contributed by atoms with Gasteiger partial charge in [-0.1, -0.05) is 12.1 Å². The van der Waals surface area contributed by atoms with Crippen LogP contribution in [0.4, 0.5) is 0 Å². The fourth-order valence-electron chi connectivity index (χ4n) is 4.03. The van der Waals surface area contributed by atoms with E-state index in [1.54, 1.807) is 7.11 Å². The van der Waals surface area contributed by atoms with Crippen molar-refractivity contribution in [3.63, 3.8) is 0 Å². The number of carbonyl (C=O) groups is 1. The van der Waals surface area contributed by atoms with E-state index in [-0.39, 0.29) is 23.9 Å². The molecule has 114 valence electrons. The van der Waals surface area contributed by atoms with Crippen LogP contribution in [-0.2, 0) is 4.79 Å². The number of methoxy groups -OCH3 is 1. The van der Waals surface area contributed by atoms with Gasteiger partial charge in [0.1, 0.15) is 5.75 Å². The Labute approximate surface area is 126 Å². The van der Waals surface area contributed by atoms with Crippen molar-refractivity contribution in [2.75, 3.05) is 7.11 Å². The number of fused-ring (bicyclic) bond motifs is 2. The fourth-order valence-corrected chi connectivity index (χ4v) is 4.03. The molecule has 3 N–H and O–H groups in total. The first-order chi connectivity index (χ1) is 10.1. The van der Waals surface area contributed by atoms with Gasteiger partial charge < -0.3 is 15.8 Å². The Morgan fingerprint density at radius 2 is 2.14 bits per heavy atom. The minimum Gasteiger partial charge on any atom is -0.497 e. The molecule has 21 heavy (non-hydrogen) atoms. The number of hydrogen-bond donors (Lipinski definition) is 2. The number of nitrogens with one attached hydrogen (secondary N) is 1. The number of hydrogen-bond acceptors (Lipinski definition) is 3. The molecule has 4 heteroatoms. The Kier molecular flexibility index (Phi) is 3.89. The van der Waals surface area contributed by atoms with Gasteiger partial charge in [-0.3, -0.25) is 4.79 Å². The summed E-state index contributed by atoms with van der Waals surface area (Å²) in [6, 6.07) is 7.84. The summed E-state index contributed by atoms with van der Waals surface area (Å²) in [5, 5.41) is 3.13. The summed E-state index contributed by atoms with van der Waals surface area (Å²) in [7, 11) is 1.65. The highest BCUT2D eigenvalue weighted by Gasteiger charge is 2.49. The molecule has 2 fully saturated rings. The normalized spacial score (nSPS) is 32.0. The van der Waals surface area contributed by atoms with Gasteiger partial charge in [-0.05, 0) is 55.7 Å². The Hall–Kier alpha value is -1.55. The molecule has 4 nitrogen and oxygen atoms in total. The third-order valence-corrected chi connectivity index (χ3v) is 5.24. The first kappa shape index (κ1) is 14.4. The smallest absolute Gasteiger partial charge is 0.225 e. The van der Waals surface area contributed by atoms with Gasteiger partial charge in [0.15, 0.2) is 0 Å². The average molecular weight is 288 g/mol. The molecule has 2 saturated carbocycles. The molecule has 1 aromatic rings. The van der Waals surface area contributed by atoms with E-state index in [2.05, 4.69) is 5.32 Å². The molecule has 0 radical (unpaired) electrons. The first-order valence-corrected chi connectivity index (χ1v) is 7.80. The Morgan fingerprint density at radius 3 is 2.81 bits per heavy atom. The van der Waals surface area contributed by atoms with E-state index in [4.69, 9.17) is 10.5 Å². The second-order valence-corrected chi connectivity index (χ2v) is 6.44. The van der Waals surface area contributed by atoms with Crippen LogP contribution in [0.2, 0.25) is 0 Å². The van der Waals surface area contributed by atoms with E-state index >= 15 is 0 Å². The zero-order chi connectivity index (χ0) is 15.0. The van der Waals surface area contributed by atoms with Crippen molar-refractivity contribution in [2.24, 2.45) is 23.5 Å². The van der Waals surface area contributed by atoms with Crippen molar-refractivity contribution in [3.05, 3.63) is 29.8 Å². The van der Waals surface area contributed by atoms with Crippen molar-refractivity contribution in [1.82, 2.24) is 5.32 Å². The second kappa shape index (κ2) is 5.68. The molecule has 2 aliphatic rings. The highest BCUT2D eigenvalue weighted by Crippen LogP contribution is 2.47. The molecule has 0 heterocycles. The lowest BCUT2D eigenvalue weighted by Gasteiger charge is -2.28. The number of benzene rings is 1. The third kappa shape index (κ3) is 2.64. The molecule has 2 aliphatic carbocycles. The highest BCUT2D eigenvalue weighted by atomic mass is 16.5. The molecule has 1 amide bonds. The summed E-state index contributed by atoms with van der Waals surface area (Å²) in [5.74, 6) is 1.97. The number of amides is 1. The number of carbonyl (C=O) groups excluding carboxylic acids is 1. The monoisotopic (exact) mass is 288 g/mol. The maximum Gasteiger partial charge on any atom is 0.225 e. The van der Waals surface area contributed by atoms with Gasteiger partial charge in [0, 0.05) is 6.04 Å². The van der Waals surface area contributed by atoms with Crippen molar-refractivity contribution >= 4 is 5.91 Å². The van der Waals surface area contributed by atoms with Crippen LogP contribution < -0.4 is 15.8 Å². The van der Waals surface area contributed by atoms with Crippen LogP contribution >= 0.6 is 0 Å². The molecule has 3 rings (SSSR count). The van der Waals surface area contributed by atoms with Crippen LogP contribution in [0, 0.1) is 17.8 Å². The van der Waals surface area contributed by atoms with Gasteiger partial charge in [-0.2, -0.15) is 0 Å². The van der Waals surface area contributed by atoms with Crippen LogP contribution in [0.15, 0.2) is 24.3 Å². The Morgan fingerprint density at radius 1 is 1.38 bits per heavy atom. The zero-order valence-electron chi connectivity index (χ0n) is 12.7. The van der Waals surface area contributed by atoms with Crippen molar-refractivity contribution in [3.8, 4) is 5.75 Å². The molecule has 2 bridgehead atoms. The summed E-state index contributed by atoms with van der Waals surface area (Å²) >= 11 is 0. The predicted molar refractivity (Wildman–Crippen MR) is 81.8 cm³/mol. The maximum absolute atomic E-state index is 12.6. The van der Waals surface area contributed by atoms with E-state index in [0.29, 0.717) is 11.8 Å². The lowest BCUT2D eigenvalue weighted by atomic mass is 9.84. The standard InChI is InChI=1S/C17H24N2O2/c1-10(11-4-3-5-14(9-11)21-2)19-17(20)15-12-6-7-13(8-12)16(15)18/h3-5,9-10,12-13,15-16H,6-8,18H2,1-2H3,(H,19,20)/t10-,12?,13?,15?,16?/m0/s1. The van der Waals surface area contributed by atoms with Crippen molar-refractivity contribution < 1.29 is 9.53 Å². The average Bonchev–Trinajstić information content (AvgIpc) is 3.08. The quantitative estimate of drug-likeness (QED) is 0.893. The minimum atomic E-state index is -0.0288. The summed E-state index contributed by atoms with van der Waals surface area (Å²) < 4.78 is 5.23. The molecule has 0 spiro atoms. The molecule has 0 aliphatic heterocycles. The molecule has 1 aromatic carbocycles. The molecule has 0 aromatic heterocycles. The zero-order valence-corrected chi connectivity index (χ0v) is 12.7. The molecule has 0 saturated heterocycles. The van der Waals surface area contributed by atoms with Gasteiger partial charge in [0.05, 0.1) is 19.1 Å². The van der Waals surface area contributed by atoms with E-state index in [0.717, 1.165) is 24.2 Å². The Balaban J connectivity index is 1.67. The fraction of sp³-hybridized carbons (Fsp3) is 0.588. The van der Waals surface area contributed by atoms with Gasteiger partial charge in [-0.25, -0.2) is 0 Å². The van der Waals surface area contributed by atoms with Gasteiger partial charge >= 0.3 is 0 Å². The summed E-state index contributed by atoms with van der Waals surface area (Å²) in [6.45, 7) is 2.01. The summed E-state index contributed by atoms with van der Waals surface area (Å²) in [4.78, 5) is 12.6. The van der Waals surface area contributed by atoms with Crippen LogP contribution in [0.3, 0.4) is 0 Å². The lowest BCUT2D eigenvalue weighted by Crippen LogP contribution is -2.45. The largest absolute Gasteiger partial charge is 0.497 e. The molecular formula is C17H24N2O2. The Bertz CT molecular complexity index is 529. The minimum absolute atomic E-state index is 0.00296. The predicted octanol–water partition coefficient (Wildman–Crippen LogP) is 2.25. The number of nitrogens with two attached hydrogens (primary N) is 1. The maximum atomic E-state index is 12.6. The summed E-state index contributed by atoms with van der Waals surface area (Å²) in [6.07, 6.45) is 3.48. The molecular weight excluding hydrogens is 264 g/mol. The highest BCUT2D eigenvalue weighted by molar-refractivity contribution is 5.80. The van der Waals surface area contributed by atoms with E-state index in [1.165, 1.54) is 6.42 Å². The van der Waals surface area contributed by atoms with Crippen molar-refractivity contribution in [2.45, 2.75) is 38.3 Å². The van der Waals surface area contributed by atoms with E-state index < -0.39 is 0 Å². The van der Waals surface area contributed by atoms with Crippen LogP contribution in [-0.4, -0.2) is 19.1 Å². The second-order valence-electron chi connectivity index (χ2n) is 6.44. The third-order valence-electron chi connectivity index (χ3n) is 5.24. The lowest BCUT2D eigenvalue weighted by molar-refractivity contribution is -0.127. The van der Waals surface area contributed by atoms with Crippen LogP contribution in [0.5, 0.6) is 5.75 Å². The summed E-state index contributed by atoms with van der Waals surface area (Å²) in [5.41, 5.74) is 7.30. The van der Waals surface area contributed by atoms with Crippen molar-refractivity contribution in [1.29, 1.82) is 0 Å². The van der Waals surface area contributed by atoms with Crippen LogP contribution in [0.25, 0.3) is 0 Å². The van der Waals surface area contributed by atoms with Gasteiger partial charge in [0.25, 0.3) is 0 Å². The van der Waals surface area contributed by atoms with Gasteiger partial charge in [-0.15, -0.1) is 0 Å². The number of rotatable bonds is 4. The SMILES string of the molecule is COc1cccc([C@H](C)NC(=O)C2C3CCC(C3)C2N)c1. The van der Waals surface area contributed by atoms with E-state index in [1.807, 2.05) is 31.2 Å². The first-order valence-electron chi connectivity index (χ1n) is 7.80. The topological polar surface area (TPSA) is 64.3 Å². The molecule has 5 atom stereocenters. The molecule has 4 unspecified atom stereocenters. The van der Waals surface area contributed by atoms with Gasteiger partial charge in [0.2, 0.25) is 5.91 Å². The van der Waals surface area contributed by atoms with E-state index in [9.17, 15) is 4.79 Å². The van der Waals surface area contributed by atoms with Crippen LogP contribution in [0.1, 0.15) is 37.8 Å². The number of ether oxygens (including phenoxy) is 1.